The molecule has 0 aromatic heterocycles. The molecule has 0 bridgehead atoms. The van der Waals surface area contributed by atoms with Crippen LogP contribution in [0.15, 0.2) is 35.4 Å². The molecule has 0 aliphatic carbocycles. The van der Waals surface area contributed by atoms with Crippen molar-refractivity contribution in [2.75, 3.05) is 25.6 Å². The van der Waals surface area contributed by atoms with Crippen LogP contribution in [0.25, 0.3) is 21.6 Å². The van der Waals surface area contributed by atoms with E-state index in [1.807, 2.05) is 25.1 Å². The average molecular weight is 328 g/mol. The molecule has 124 valence electrons. The number of hydrogen-bond acceptors (Lipinski definition) is 4. The number of nitrogens with one attached hydrogen (secondary N) is 1. The third kappa shape index (κ3) is 3.07. The maximum Gasteiger partial charge on any atom is 0.146 e. The lowest BCUT2D eigenvalue weighted by Gasteiger charge is -2.29. The summed E-state index contributed by atoms with van der Waals surface area (Å²) in [5.74, 6) is 0.832. The van der Waals surface area contributed by atoms with E-state index in [0.717, 1.165) is 16.9 Å². The van der Waals surface area contributed by atoms with Gasteiger partial charge in [0.25, 0.3) is 0 Å². The highest BCUT2D eigenvalue weighted by Gasteiger charge is 2.23. The molecule has 24 heavy (non-hydrogen) atoms. The van der Waals surface area contributed by atoms with Crippen molar-refractivity contribution < 1.29 is 13.9 Å². The second kappa shape index (κ2) is 6.68. The van der Waals surface area contributed by atoms with Crippen molar-refractivity contribution in [1.82, 2.24) is 0 Å². The summed E-state index contributed by atoms with van der Waals surface area (Å²) in [6.45, 7) is 2.52. The fraction of sp³-hybridized carbons (Fsp3) is 0.294. The van der Waals surface area contributed by atoms with Crippen molar-refractivity contribution in [3.05, 3.63) is 52.2 Å². The fourth-order valence-corrected chi connectivity index (χ4v) is 2.79. The first-order valence-electron chi connectivity index (χ1n) is 7.51. The number of methoxy groups -OCH3 is 1. The molecule has 1 N–H and O–H groups in total. The molecule has 0 saturated heterocycles. The van der Waals surface area contributed by atoms with Gasteiger partial charge in [0.05, 0.1) is 18.8 Å². The van der Waals surface area contributed by atoms with Crippen LogP contribution in [0.4, 0.5) is 10.1 Å². The maximum absolute atomic E-state index is 14.0. The van der Waals surface area contributed by atoms with Gasteiger partial charge in [0.1, 0.15) is 23.9 Å². The number of anilines is 1. The topological polar surface area (TPSA) is 79.2 Å². The molecule has 1 heterocycles. The quantitative estimate of drug-likeness (QED) is 0.516. The van der Waals surface area contributed by atoms with E-state index in [0.29, 0.717) is 23.6 Å². The van der Waals surface area contributed by atoms with Crippen molar-refractivity contribution >= 4 is 5.69 Å². The van der Waals surface area contributed by atoms with E-state index in [9.17, 15) is 4.39 Å². The van der Waals surface area contributed by atoms with Crippen LogP contribution >= 0.6 is 0 Å². The second-order valence-corrected chi connectivity index (χ2v) is 5.57. The first-order valence-corrected chi connectivity index (χ1v) is 7.51. The highest BCUT2D eigenvalue weighted by Crippen LogP contribution is 2.41. The number of hydrogen-bond donors (Lipinski definition) is 1. The summed E-state index contributed by atoms with van der Waals surface area (Å²) in [6.07, 6.45) is 0. The Bertz CT molecular complexity index is 818. The first-order chi connectivity index (χ1) is 11.6. The zero-order valence-electron chi connectivity index (χ0n) is 13.4. The third-order valence-electron chi connectivity index (χ3n) is 3.94. The Morgan fingerprint density at radius 1 is 1.38 bits per heavy atom. The molecule has 0 saturated carbocycles. The van der Waals surface area contributed by atoms with Gasteiger partial charge in [-0.15, -0.1) is 0 Å². The van der Waals surface area contributed by atoms with Crippen LogP contribution in [0.3, 0.4) is 0 Å². The van der Waals surface area contributed by atoms with Crippen molar-refractivity contribution in [3.8, 4) is 22.6 Å². The van der Waals surface area contributed by atoms with Crippen LogP contribution in [0, 0.1) is 12.7 Å². The Balaban J connectivity index is 2.06. The largest absolute Gasteiger partial charge is 0.497 e. The van der Waals surface area contributed by atoms with E-state index >= 15 is 0 Å². The van der Waals surface area contributed by atoms with Gasteiger partial charge in [0.2, 0.25) is 0 Å². The van der Waals surface area contributed by atoms with Crippen molar-refractivity contribution in [3.63, 3.8) is 0 Å². The van der Waals surface area contributed by atoms with Gasteiger partial charge in [0.15, 0.2) is 0 Å². The lowest BCUT2D eigenvalue weighted by Crippen LogP contribution is -2.34. The summed E-state index contributed by atoms with van der Waals surface area (Å²) >= 11 is 0. The summed E-state index contributed by atoms with van der Waals surface area (Å²) in [5, 5.41) is 6.87. The zero-order valence-corrected chi connectivity index (χ0v) is 13.4. The van der Waals surface area contributed by atoms with Crippen LogP contribution in [0.5, 0.6) is 11.5 Å². The minimum atomic E-state index is -0.366. The van der Waals surface area contributed by atoms with Crippen LogP contribution < -0.4 is 14.8 Å². The summed E-state index contributed by atoms with van der Waals surface area (Å²) in [4.78, 5) is 2.77. The molecule has 0 spiro atoms. The number of benzene rings is 2. The highest BCUT2D eigenvalue weighted by molar-refractivity contribution is 5.85. The summed E-state index contributed by atoms with van der Waals surface area (Å²) < 4.78 is 24.9. The molecule has 7 heteroatoms. The maximum atomic E-state index is 14.0. The third-order valence-corrected chi connectivity index (χ3v) is 3.94. The molecular weight excluding hydrogens is 311 g/mol. The van der Waals surface area contributed by atoms with E-state index in [1.165, 1.54) is 12.1 Å². The Hall–Kier alpha value is -2.92. The number of azide groups is 1. The average Bonchev–Trinajstić information content (AvgIpc) is 2.59. The van der Waals surface area contributed by atoms with Gasteiger partial charge in [0, 0.05) is 23.1 Å². The SMILES string of the molecule is COc1ccc(-c2cc(F)cc3c2NC(CN=[N+]=[N-])CO3)c(C)c1. The van der Waals surface area contributed by atoms with Gasteiger partial charge < -0.3 is 14.8 Å². The smallest absolute Gasteiger partial charge is 0.146 e. The lowest BCUT2D eigenvalue weighted by molar-refractivity contribution is 0.285. The minimum Gasteiger partial charge on any atom is -0.497 e. The molecule has 2 aromatic carbocycles. The van der Waals surface area contributed by atoms with Crippen LogP contribution in [-0.2, 0) is 0 Å². The molecule has 0 amide bonds. The Morgan fingerprint density at radius 2 is 2.21 bits per heavy atom. The predicted octanol–water partition coefficient (Wildman–Crippen LogP) is 4.29. The summed E-state index contributed by atoms with van der Waals surface area (Å²) in [7, 11) is 1.61. The van der Waals surface area contributed by atoms with Crippen LogP contribution in [0.1, 0.15) is 5.56 Å². The monoisotopic (exact) mass is 328 g/mol. The molecule has 6 nitrogen and oxygen atoms in total. The number of fused-ring (bicyclic) bond motifs is 1. The molecule has 2 aromatic rings. The molecule has 1 aliphatic rings. The van der Waals surface area contributed by atoms with E-state index < -0.39 is 0 Å². The minimum absolute atomic E-state index is 0.156. The van der Waals surface area contributed by atoms with Crippen LogP contribution in [-0.4, -0.2) is 26.3 Å². The zero-order chi connectivity index (χ0) is 17.1. The van der Waals surface area contributed by atoms with Crippen molar-refractivity contribution in [2.45, 2.75) is 13.0 Å². The van der Waals surface area contributed by atoms with E-state index in [-0.39, 0.29) is 18.4 Å². The number of ether oxygens (including phenoxy) is 2. The van der Waals surface area contributed by atoms with Gasteiger partial charge in [-0.2, -0.15) is 0 Å². The van der Waals surface area contributed by atoms with E-state index in [2.05, 4.69) is 15.3 Å². The van der Waals surface area contributed by atoms with Gasteiger partial charge in [-0.25, -0.2) is 4.39 Å². The molecule has 1 atom stereocenters. The summed E-state index contributed by atoms with van der Waals surface area (Å²) in [5.41, 5.74) is 11.7. The van der Waals surface area contributed by atoms with Gasteiger partial charge in [-0.1, -0.05) is 11.2 Å². The Morgan fingerprint density at radius 3 is 2.92 bits per heavy atom. The molecule has 3 rings (SSSR count). The number of aryl methyl sites for hydroxylation is 1. The van der Waals surface area contributed by atoms with Crippen molar-refractivity contribution in [1.29, 1.82) is 0 Å². The molecule has 0 radical (unpaired) electrons. The number of nitrogens with zero attached hydrogens (tertiary/aromatic N) is 3. The second-order valence-electron chi connectivity index (χ2n) is 5.57. The van der Waals surface area contributed by atoms with Crippen molar-refractivity contribution in [2.24, 2.45) is 5.11 Å². The Kier molecular flexibility index (Phi) is 4.44. The molecule has 0 fully saturated rings. The molecule has 1 aliphatic heterocycles. The molecule has 1 unspecified atom stereocenters. The standard InChI is InChI=1S/C17H17FN4O2/c1-10-5-13(23-2)3-4-14(10)15-6-11(18)7-16-17(15)21-12(9-24-16)8-20-22-19/h3-7,12,21H,8-9H2,1-2H3. The Labute approximate surface area is 138 Å². The van der Waals surface area contributed by atoms with E-state index in [4.69, 9.17) is 15.0 Å². The fourth-order valence-electron chi connectivity index (χ4n) is 2.79. The predicted molar refractivity (Wildman–Crippen MR) is 90.0 cm³/mol. The highest BCUT2D eigenvalue weighted by atomic mass is 19.1. The lowest BCUT2D eigenvalue weighted by atomic mass is 9.97. The normalized spacial score (nSPS) is 15.5. The van der Waals surface area contributed by atoms with E-state index in [1.54, 1.807) is 7.11 Å². The number of rotatable bonds is 4. The summed E-state index contributed by atoms with van der Waals surface area (Å²) in [6, 6.07) is 8.29. The van der Waals surface area contributed by atoms with Gasteiger partial charge >= 0.3 is 0 Å². The molecular formula is C17H17FN4O2. The first kappa shape index (κ1) is 16.0. The van der Waals surface area contributed by atoms with Crippen LogP contribution in [0.2, 0.25) is 0 Å². The van der Waals surface area contributed by atoms with Gasteiger partial charge in [-0.05, 0) is 41.8 Å². The number of halogens is 1. The van der Waals surface area contributed by atoms with Gasteiger partial charge in [-0.3, -0.25) is 0 Å².